The maximum atomic E-state index is 13.5. The van der Waals surface area contributed by atoms with Crippen molar-refractivity contribution < 1.29 is 22.7 Å². The van der Waals surface area contributed by atoms with Crippen LogP contribution in [0.15, 0.2) is 23.1 Å². The fourth-order valence-corrected chi connectivity index (χ4v) is 7.72. The third kappa shape index (κ3) is 4.52. The molecule has 4 rings (SSSR count). The summed E-state index contributed by atoms with van der Waals surface area (Å²) in [6, 6.07) is 4.96. The lowest BCUT2D eigenvalue weighted by Gasteiger charge is -2.43. The number of fused-ring (bicyclic) bond motifs is 2. The van der Waals surface area contributed by atoms with Crippen LogP contribution in [0.3, 0.4) is 0 Å². The number of methoxy groups -OCH3 is 1. The van der Waals surface area contributed by atoms with E-state index in [4.69, 9.17) is 9.47 Å². The number of morpholine rings is 1. The summed E-state index contributed by atoms with van der Waals surface area (Å²) < 4.78 is 38.8. The molecule has 1 amide bonds. The third-order valence-electron chi connectivity index (χ3n) is 8.00. The predicted molar refractivity (Wildman–Crippen MR) is 127 cm³/mol. The number of amides is 1. The average Bonchev–Trinajstić information content (AvgIpc) is 3.28. The lowest BCUT2D eigenvalue weighted by Crippen LogP contribution is -2.52. The largest absolute Gasteiger partial charge is 0.383 e. The molecule has 3 fully saturated rings. The molecule has 2 bridgehead atoms. The van der Waals surface area contributed by atoms with E-state index in [0.29, 0.717) is 56.6 Å². The zero-order valence-corrected chi connectivity index (χ0v) is 21.0. The molecule has 2 aliphatic carbocycles. The lowest BCUT2D eigenvalue weighted by molar-refractivity contribution is 0.0729. The van der Waals surface area contributed by atoms with Crippen molar-refractivity contribution in [1.29, 1.82) is 0 Å². The van der Waals surface area contributed by atoms with Gasteiger partial charge in [0, 0.05) is 38.3 Å². The number of nitrogens with one attached hydrogen (secondary N) is 2. The second kappa shape index (κ2) is 9.17. The molecule has 1 saturated heterocycles. The highest BCUT2D eigenvalue weighted by molar-refractivity contribution is 7.89. The van der Waals surface area contributed by atoms with Gasteiger partial charge < -0.3 is 20.1 Å². The quantitative estimate of drug-likeness (QED) is 0.557. The zero-order chi connectivity index (χ0) is 23.9. The van der Waals surface area contributed by atoms with Crippen LogP contribution in [-0.4, -0.2) is 71.2 Å². The number of sulfonamides is 1. The van der Waals surface area contributed by atoms with E-state index in [-0.39, 0.29) is 27.7 Å². The molecular formula is C24H37N3O5S. The lowest BCUT2D eigenvalue weighted by atomic mass is 9.68. The van der Waals surface area contributed by atoms with Crippen molar-refractivity contribution in [2.75, 3.05) is 51.9 Å². The van der Waals surface area contributed by atoms with Gasteiger partial charge in [-0.3, -0.25) is 4.79 Å². The second-order valence-corrected chi connectivity index (χ2v) is 12.4. The molecule has 1 aliphatic heterocycles. The Morgan fingerprint density at radius 1 is 1.24 bits per heavy atom. The van der Waals surface area contributed by atoms with E-state index < -0.39 is 10.0 Å². The minimum absolute atomic E-state index is 0.0208. The van der Waals surface area contributed by atoms with Gasteiger partial charge in [0.15, 0.2) is 0 Å². The van der Waals surface area contributed by atoms with Gasteiger partial charge in [-0.05, 0) is 54.2 Å². The topological polar surface area (TPSA) is 97.0 Å². The van der Waals surface area contributed by atoms with Gasteiger partial charge in [0.05, 0.1) is 25.5 Å². The van der Waals surface area contributed by atoms with E-state index in [1.54, 1.807) is 19.2 Å². The van der Waals surface area contributed by atoms with Crippen LogP contribution >= 0.6 is 0 Å². The van der Waals surface area contributed by atoms with Crippen LogP contribution in [0.25, 0.3) is 0 Å². The Morgan fingerprint density at radius 2 is 1.97 bits per heavy atom. The Labute approximate surface area is 197 Å². The van der Waals surface area contributed by atoms with Crippen molar-refractivity contribution in [3.8, 4) is 0 Å². The highest BCUT2D eigenvalue weighted by Crippen LogP contribution is 2.62. The van der Waals surface area contributed by atoms with Crippen molar-refractivity contribution in [2.45, 2.75) is 51.0 Å². The average molecular weight is 480 g/mol. The normalized spacial score (nSPS) is 29.2. The van der Waals surface area contributed by atoms with Crippen LogP contribution in [-0.2, 0) is 19.5 Å². The number of carbonyl (C=O) groups is 1. The number of anilines is 1. The fourth-order valence-electron chi connectivity index (χ4n) is 6.11. The molecule has 1 aromatic rings. The summed E-state index contributed by atoms with van der Waals surface area (Å²) >= 11 is 0. The molecule has 3 aliphatic rings. The molecule has 2 N–H and O–H groups in total. The van der Waals surface area contributed by atoms with Gasteiger partial charge in [0.25, 0.3) is 5.91 Å². The molecule has 8 nitrogen and oxygen atoms in total. The van der Waals surface area contributed by atoms with Gasteiger partial charge in [-0.1, -0.05) is 20.8 Å². The predicted octanol–water partition coefficient (Wildman–Crippen LogP) is 2.71. The molecule has 184 valence electrons. The van der Waals surface area contributed by atoms with E-state index >= 15 is 0 Å². The van der Waals surface area contributed by atoms with Gasteiger partial charge in [-0.15, -0.1) is 0 Å². The molecule has 1 aromatic carbocycles. The number of nitrogens with zero attached hydrogens (tertiary/aromatic N) is 1. The summed E-state index contributed by atoms with van der Waals surface area (Å²) in [4.78, 5) is 13.5. The first-order chi connectivity index (χ1) is 15.6. The van der Waals surface area contributed by atoms with Gasteiger partial charge in [-0.25, -0.2) is 8.42 Å². The summed E-state index contributed by atoms with van der Waals surface area (Å²) in [7, 11) is -2.19. The van der Waals surface area contributed by atoms with Gasteiger partial charge in [0.2, 0.25) is 10.0 Å². The number of ether oxygens (including phenoxy) is 2. The molecule has 9 heteroatoms. The molecule has 1 heterocycles. The first-order valence-corrected chi connectivity index (χ1v) is 13.3. The van der Waals surface area contributed by atoms with Gasteiger partial charge in [-0.2, -0.15) is 4.31 Å². The van der Waals surface area contributed by atoms with Crippen LogP contribution in [0, 0.1) is 16.7 Å². The van der Waals surface area contributed by atoms with Crippen molar-refractivity contribution in [1.82, 2.24) is 9.62 Å². The first-order valence-electron chi connectivity index (χ1n) is 11.9. The summed E-state index contributed by atoms with van der Waals surface area (Å²) in [6.45, 7) is 8.97. The van der Waals surface area contributed by atoms with Crippen molar-refractivity contribution in [3.63, 3.8) is 0 Å². The summed E-state index contributed by atoms with van der Waals surface area (Å²) in [5, 5.41) is 6.43. The maximum Gasteiger partial charge on any atom is 0.251 e. The van der Waals surface area contributed by atoms with Crippen molar-refractivity contribution in [3.05, 3.63) is 23.8 Å². The van der Waals surface area contributed by atoms with E-state index in [9.17, 15) is 13.2 Å². The summed E-state index contributed by atoms with van der Waals surface area (Å²) in [6.07, 6.45) is 3.45. The SMILES string of the molecule is COCCNc1ccc(C(=O)NC2C3(C)CCC(C3)C2(C)C)cc1S(=O)(=O)N1CCOCC1. The molecule has 3 unspecified atom stereocenters. The van der Waals surface area contributed by atoms with Crippen molar-refractivity contribution in [2.24, 2.45) is 16.7 Å². The number of rotatable bonds is 8. The van der Waals surface area contributed by atoms with Crippen LogP contribution in [0.1, 0.15) is 50.4 Å². The molecule has 3 atom stereocenters. The first kappa shape index (κ1) is 24.4. The van der Waals surface area contributed by atoms with E-state index in [2.05, 4.69) is 31.4 Å². The summed E-state index contributed by atoms with van der Waals surface area (Å²) in [5.41, 5.74) is 0.949. The molecule has 0 radical (unpaired) electrons. The Kier molecular flexibility index (Phi) is 6.79. The molecular weight excluding hydrogens is 442 g/mol. The van der Waals surface area contributed by atoms with Crippen LogP contribution < -0.4 is 10.6 Å². The molecule has 2 saturated carbocycles. The zero-order valence-electron chi connectivity index (χ0n) is 20.1. The maximum absolute atomic E-state index is 13.5. The Morgan fingerprint density at radius 3 is 2.61 bits per heavy atom. The van der Waals surface area contributed by atoms with E-state index in [1.165, 1.54) is 16.8 Å². The monoisotopic (exact) mass is 479 g/mol. The number of carbonyl (C=O) groups excluding carboxylic acids is 1. The van der Waals surface area contributed by atoms with Crippen LogP contribution in [0.2, 0.25) is 0 Å². The van der Waals surface area contributed by atoms with Gasteiger partial charge in [0.1, 0.15) is 4.90 Å². The Hall–Kier alpha value is -1.68. The Balaban J connectivity index is 1.62. The van der Waals surface area contributed by atoms with E-state index in [1.807, 2.05) is 0 Å². The standard InChI is InChI=1S/C24H37N3O5S/c1-23(2)18-7-8-24(3,16-18)22(23)26-21(28)17-5-6-19(25-9-12-31-4)20(15-17)33(29,30)27-10-13-32-14-11-27/h5-6,15,18,22,25H,7-14,16H2,1-4H3,(H,26,28). The van der Waals surface area contributed by atoms with Crippen LogP contribution in [0.5, 0.6) is 0 Å². The van der Waals surface area contributed by atoms with Gasteiger partial charge >= 0.3 is 0 Å². The number of benzene rings is 1. The second-order valence-electron chi connectivity index (χ2n) is 10.5. The third-order valence-corrected chi connectivity index (χ3v) is 9.94. The minimum atomic E-state index is -3.79. The minimum Gasteiger partial charge on any atom is -0.383 e. The highest BCUT2D eigenvalue weighted by atomic mass is 32.2. The smallest absolute Gasteiger partial charge is 0.251 e. The highest BCUT2D eigenvalue weighted by Gasteiger charge is 2.59. The van der Waals surface area contributed by atoms with E-state index in [0.717, 1.165) is 12.8 Å². The Bertz CT molecular complexity index is 985. The number of hydrogen-bond donors (Lipinski definition) is 2. The molecule has 0 spiro atoms. The number of hydrogen-bond acceptors (Lipinski definition) is 6. The fraction of sp³-hybridized carbons (Fsp3) is 0.708. The molecule has 33 heavy (non-hydrogen) atoms. The van der Waals surface area contributed by atoms with Crippen molar-refractivity contribution >= 4 is 21.6 Å². The molecule has 0 aromatic heterocycles. The summed E-state index contributed by atoms with van der Waals surface area (Å²) in [5.74, 6) is 0.390. The van der Waals surface area contributed by atoms with Crippen LogP contribution in [0.4, 0.5) is 5.69 Å².